The lowest BCUT2D eigenvalue weighted by atomic mass is 10.2. The van der Waals surface area contributed by atoms with Gasteiger partial charge in [-0.15, -0.1) is 0 Å². The molecule has 1 amide bonds. The van der Waals surface area contributed by atoms with Crippen molar-refractivity contribution < 1.29 is 4.79 Å². The number of nitrogens with zero attached hydrogens (tertiary/aromatic N) is 4. The van der Waals surface area contributed by atoms with Gasteiger partial charge in [0.15, 0.2) is 0 Å². The Morgan fingerprint density at radius 1 is 1.24 bits per heavy atom. The summed E-state index contributed by atoms with van der Waals surface area (Å²) in [4.78, 5) is 27.9. The molecule has 0 bridgehead atoms. The number of rotatable bonds is 2. The van der Waals surface area contributed by atoms with Crippen LogP contribution in [0.15, 0.2) is 47.5 Å². The molecule has 8 nitrogen and oxygen atoms in total. The number of benzene rings is 1. The van der Waals surface area contributed by atoms with E-state index in [4.69, 9.17) is 0 Å². The van der Waals surface area contributed by atoms with E-state index in [1.165, 1.54) is 15.6 Å². The molecular weight excluding hydrogens is 320 g/mol. The van der Waals surface area contributed by atoms with Gasteiger partial charge in [-0.25, -0.2) is 4.79 Å². The van der Waals surface area contributed by atoms with Crippen LogP contribution >= 0.6 is 0 Å². The van der Waals surface area contributed by atoms with Crippen LogP contribution < -0.4 is 10.9 Å². The summed E-state index contributed by atoms with van der Waals surface area (Å²) in [6, 6.07) is 8.84. The first-order chi connectivity index (χ1) is 12.1. The third-order valence-electron chi connectivity index (χ3n) is 3.86. The van der Waals surface area contributed by atoms with Crippen molar-refractivity contribution in [3.05, 3.63) is 53.1 Å². The number of fused-ring (bicyclic) bond motifs is 3. The quantitative estimate of drug-likeness (QED) is 0.585. The number of H-pyrrole nitrogens is 1. The highest BCUT2D eigenvalue weighted by Gasteiger charge is 2.22. The number of amides is 1. The number of aromatic amines is 1. The van der Waals surface area contributed by atoms with Gasteiger partial charge < -0.3 is 10.3 Å². The van der Waals surface area contributed by atoms with Crippen molar-refractivity contribution in [1.29, 1.82) is 0 Å². The fourth-order valence-corrected chi connectivity index (χ4v) is 2.75. The van der Waals surface area contributed by atoms with Crippen molar-refractivity contribution in [2.75, 3.05) is 0 Å². The fourth-order valence-electron chi connectivity index (χ4n) is 2.75. The van der Waals surface area contributed by atoms with Crippen molar-refractivity contribution in [1.82, 2.24) is 29.9 Å². The molecule has 0 saturated carbocycles. The number of carbonyl (C=O) groups is 1. The fraction of sp³-hybridized carbons (Fsp3) is 0.176. The largest absolute Gasteiger partial charge is 0.345 e. The number of pyridine rings is 1. The molecule has 2 aromatic rings. The lowest BCUT2D eigenvalue weighted by molar-refractivity contribution is 0.238. The predicted octanol–water partition coefficient (Wildman–Crippen LogP) is 1.98. The highest BCUT2D eigenvalue weighted by molar-refractivity contribution is 5.95. The number of para-hydroxylation sites is 1. The minimum atomic E-state index is -0.342. The van der Waals surface area contributed by atoms with Crippen molar-refractivity contribution in [3.63, 3.8) is 0 Å². The number of nitrogens with one attached hydrogen (secondary N) is 2. The van der Waals surface area contributed by atoms with E-state index in [1.807, 2.05) is 44.2 Å². The van der Waals surface area contributed by atoms with Gasteiger partial charge in [-0.3, -0.25) is 4.79 Å². The van der Waals surface area contributed by atoms with Crippen molar-refractivity contribution in [3.8, 4) is 16.9 Å². The summed E-state index contributed by atoms with van der Waals surface area (Å²) < 4.78 is 2.59. The van der Waals surface area contributed by atoms with Crippen LogP contribution in [0, 0.1) is 0 Å². The van der Waals surface area contributed by atoms with Crippen LogP contribution in [0.25, 0.3) is 28.0 Å². The van der Waals surface area contributed by atoms with Gasteiger partial charge in [-0.05, 0) is 26.0 Å². The van der Waals surface area contributed by atoms with Crippen molar-refractivity contribution in [2.24, 2.45) is 0 Å². The van der Waals surface area contributed by atoms with Gasteiger partial charge in [0.1, 0.15) is 11.3 Å². The first kappa shape index (κ1) is 15.1. The summed E-state index contributed by atoms with van der Waals surface area (Å²) in [5.41, 5.74) is 1.90. The van der Waals surface area contributed by atoms with Gasteiger partial charge in [-0.1, -0.05) is 18.2 Å². The predicted molar refractivity (Wildman–Crippen MR) is 93.2 cm³/mol. The Bertz CT molecular complexity index is 1090. The number of carbonyl (C=O) groups excluding carboxylic acids is 1. The van der Waals surface area contributed by atoms with E-state index in [9.17, 15) is 9.59 Å². The molecule has 3 heterocycles. The van der Waals surface area contributed by atoms with Crippen LogP contribution in [0.5, 0.6) is 0 Å². The third kappa shape index (κ3) is 2.38. The zero-order valence-electron chi connectivity index (χ0n) is 13.7. The molecule has 0 spiro atoms. The molecule has 1 aromatic carbocycles. The van der Waals surface area contributed by atoms with Crippen LogP contribution in [0.2, 0.25) is 0 Å². The summed E-state index contributed by atoms with van der Waals surface area (Å²) in [5, 5.41) is 12.0. The zero-order valence-corrected chi connectivity index (χ0v) is 13.7. The average Bonchev–Trinajstić information content (AvgIpc) is 3.16. The summed E-state index contributed by atoms with van der Waals surface area (Å²) in [6.07, 6.45) is 3.10. The lowest BCUT2D eigenvalue weighted by Crippen LogP contribution is -2.34. The van der Waals surface area contributed by atoms with Gasteiger partial charge in [0.2, 0.25) is 0 Å². The molecule has 2 N–H and O–H groups in total. The molecule has 126 valence electrons. The van der Waals surface area contributed by atoms with E-state index in [0.29, 0.717) is 28.0 Å². The molecule has 2 aliphatic rings. The Morgan fingerprint density at radius 3 is 2.72 bits per heavy atom. The number of hydrogen-bond donors (Lipinski definition) is 2. The van der Waals surface area contributed by atoms with E-state index in [-0.39, 0.29) is 17.6 Å². The second kappa shape index (κ2) is 5.59. The molecule has 25 heavy (non-hydrogen) atoms. The van der Waals surface area contributed by atoms with Crippen molar-refractivity contribution >= 4 is 17.1 Å². The minimum absolute atomic E-state index is 0.0129. The maximum Gasteiger partial charge on any atom is 0.344 e. The molecule has 1 aromatic heterocycles. The van der Waals surface area contributed by atoms with E-state index in [1.54, 1.807) is 6.20 Å². The molecule has 0 fully saturated rings. The normalized spacial score (nSPS) is 11.5. The molecule has 4 rings (SSSR count). The second-order valence-corrected chi connectivity index (χ2v) is 6.03. The van der Waals surface area contributed by atoms with Crippen LogP contribution in [0.4, 0.5) is 4.79 Å². The average molecular weight is 336 g/mol. The van der Waals surface area contributed by atoms with Gasteiger partial charge in [0.25, 0.3) is 5.56 Å². The van der Waals surface area contributed by atoms with Crippen LogP contribution in [0.1, 0.15) is 13.8 Å². The van der Waals surface area contributed by atoms with Crippen LogP contribution in [0.3, 0.4) is 0 Å². The van der Waals surface area contributed by atoms with E-state index in [0.717, 1.165) is 0 Å². The van der Waals surface area contributed by atoms with Crippen molar-refractivity contribution in [2.45, 2.75) is 19.9 Å². The molecule has 2 aliphatic heterocycles. The first-order valence-electron chi connectivity index (χ1n) is 7.90. The maximum atomic E-state index is 12.6. The first-order valence-corrected chi connectivity index (χ1v) is 7.90. The molecule has 0 aliphatic carbocycles. The molecule has 0 radical (unpaired) electrons. The monoisotopic (exact) mass is 336 g/mol. The van der Waals surface area contributed by atoms with Gasteiger partial charge in [0.05, 0.1) is 22.8 Å². The number of aromatic nitrogens is 5. The Morgan fingerprint density at radius 2 is 2.00 bits per heavy atom. The Labute approximate surface area is 142 Å². The Kier molecular flexibility index (Phi) is 3.38. The minimum Gasteiger partial charge on any atom is -0.345 e. The van der Waals surface area contributed by atoms with Gasteiger partial charge in [0, 0.05) is 12.2 Å². The molecule has 0 atom stereocenters. The van der Waals surface area contributed by atoms with E-state index < -0.39 is 0 Å². The van der Waals surface area contributed by atoms with E-state index >= 15 is 0 Å². The lowest BCUT2D eigenvalue weighted by Gasteiger charge is -2.08. The highest BCUT2D eigenvalue weighted by atomic mass is 16.2. The maximum absolute atomic E-state index is 12.6. The zero-order chi connectivity index (χ0) is 17.6. The molecule has 0 unspecified atom stereocenters. The summed E-state index contributed by atoms with van der Waals surface area (Å²) in [5.74, 6) is 0. The van der Waals surface area contributed by atoms with Gasteiger partial charge in [-0.2, -0.15) is 19.6 Å². The number of hydrogen-bond acceptors (Lipinski definition) is 4. The second-order valence-electron chi connectivity index (χ2n) is 6.03. The molecular formula is C17H16N6O2. The highest BCUT2D eigenvalue weighted by Crippen LogP contribution is 2.25. The van der Waals surface area contributed by atoms with E-state index in [2.05, 4.69) is 20.5 Å². The SMILES string of the molecule is CC(C)NC(=O)n1ncc2c3nn(-c4ccccc4)c(=O)c-3c[nH]c21. The van der Waals surface area contributed by atoms with Gasteiger partial charge >= 0.3 is 6.03 Å². The molecule has 8 heteroatoms. The van der Waals surface area contributed by atoms with Crippen LogP contribution in [-0.2, 0) is 0 Å². The summed E-state index contributed by atoms with van der Waals surface area (Å²) in [7, 11) is 0. The molecule has 0 saturated heterocycles. The Balaban J connectivity index is 1.91. The standard InChI is InChI=1S/C17H16N6O2/c1-10(2)20-17(25)23-15-12(9-19-23)14-13(8-18-15)16(24)22(21-14)11-6-4-3-5-7-11/h3-10,18H,1-2H3,(H,20,25). The summed E-state index contributed by atoms with van der Waals surface area (Å²) in [6.45, 7) is 3.74. The summed E-state index contributed by atoms with van der Waals surface area (Å²) >= 11 is 0. The third-order valence-corrected chi connectivity index (χ3v) is 3.86. The van der Waals surface area contributed by atoms with Crippen LogP contribution in [-0.4, -0.2) is 36.6 Å². The topological polar surface area (TPSA) is 97.6 Å². The Hall–Kier alpha value is -3.42. The smallest absolute Gasteiger partial charge is 0.344 e.